The molecule has 6 nitrogen and oxygen atoms in total. The Morgan fingerprint density at radius 1 is 1.12 bits per heavy atom. The fourth-order valence-corrected chi connectivity index (χ4v) is 4.61. The van der Waals surface area contributed by atoms with Crippen molar-refractivity contribution < 1.29 is 14.3 Å². The standard InChI is InChI=1S/C26H22ClFN4O2/c1-14-9-18(15(2)29-21-7-8-22(27)30-25(21)26(33)34)24-19(10-14)20(28)11-23(31-24)32-12-16-5-3-4-6-17(16)13-32/h3-11,15,29H,12-13H2,1-2H3,(H,33,34)/t15-/m0/s1. The first kappa shape index (κ1) is 22.1. The number of anilines is 2. The van der Waals surface area contributed by atoms with Crippen LogP contribution in [0.1, 0.15) is 45.7 Å². The van der Waals surface area contributed by atoms with Crippen molar-refractivity contribution in [3.8, 4) is 0 Å². The SMILES string of the molecule is Cc1cc([C@H](C)Nc2ccc(Cl)nc2C(=O)O)c2nc(N3Cc4ccccc4C3)cc(F)c2c1. The predicted octanol–water partition coefficient (Wildman–Crippen LogP) is 6.12. The van der Waals surface area contributed by atoms with Crippen molar-refractivity contribution in [3.05, 3.63) is 93.5 Å². The third kappa shape index (κ3) is 4.03. The van der Waals surface area contributed by atoms with E-state index >= 15 is 4.39 Å². The molecule has 1 aliphatic rings. The maximum atomic E-state index is 15.3. The van der Waals surface area contributed by atoms with Gasteiger partial charge in [-0.3, -0.25) is 0 Å². The summed E-state index contributed by atoms with van der Waals surface area (Å²) in [5.41, 5.74) is 4.75. The molecule has 172 valence electrons. The summed E-state index contributed by atoms with van der Waals surface area (Å²) < 4.78 is 15.3. The number of nitrogens with zero attached hydrogens (tertiary/aromatic N) is 3. The molecule has 2 aromatic carbocycles. The van der Waals surface area contributed by atoms with Crippen molar-refractivity contribution >= 4 is 40.0 Å². The van der Waals surface area contributed by atoms with Gasteiger partial charge in [0.2, 0.25) is 0 Å². The average molecular weight is 477 g/mol. The Morgan fingerprint density at radius 3 is 2.50 bits per heavy atom. The highest BCUT2D eigenvalue weighted by molar-refractivity contribution is 6.29. The quantitative estimate of drug-likeness (QED) is 0.338. The minimum Gasteiger partial charge on any atom is -0.476 e. The van der Waals surface area contributed by atoms with Crippen molar-refractivity contribution in [1.29, 1.82) is 0 Å². The molecular weight excluding hydrogens is 455 g/mol. The Kier molecular flexibility index (Phi) is 5.57. The summed E-state index contributed by atoms with van der Waals surface area (Å²) in [7, 11) is 0. The van der Waals surface area contributed by atoms with E-state index in [9.17, 15) is 9.90 Å². The van der Waals surface area contributed by atoms with Crippen LogP contribution in [0, 0.1) is 12.7 Å². The topological polar surface area (TPSA) is 78.3 Å². The van der Waals surface area contributed by atoms with Crippen LogP contribution in [0.15, 0.2) is 54.6 Å². The molecule has 2 aromatic heterocycles. The van der Waals surface area contributed by atoms with Gasteiger partial charge in [-0.05, 0) is 48.7 Å². The fourth-order valence-electron chi connectivity index (χ4n) is 4.46. The van der Waals surface area contributed by atoms with Crippen LogP contribution >= 0.6 is 11.6 Å². The van der Waals surface area contributed by atoms with Gasteiger partial charge in [0, 0.05) is 30.1 Å². The Labute approximate surface area is 201 Å². The highest BCUT2D eigenvalue weighted by Crippen LogP contribution is 2.34. The molecule has 34 heavy (non-hydrogen) atoms. The maximum Gasteiger partial charge on any atom is 0.356 e. The zero-order chi connectivity index (χ0) is 24.0. The summed E-state index contributed by atoms with van der Waals surface area (Å²) in [5.74, 6) is -0.961. The van der Waals surface area contributed by atoms with Crippen molar-refractivity contribution in [2.75, 3.05) is 10.2 Å². The number of aromatic carboxylic acids is 1. The van der Waals surface area contributed by atoms with Crippen molar-refractivity contribution in [2.45, 2.75) is 33.0 Å². The number of aryl methyl sites for hydroxylation is 1. The number of aromatic nitrogens is 2. The van der Waals surface area contributed by atoms with Gasteiger partial charge in [0.25, 0.3) is 0 Å². The smallest absolute Gasteiger partial charge is 0.356 e. The second-order valence-corrected chi connectivity index (χ2v) is 8.93. The first-order chi connectivity index (χ1) is 16.3. The number of carboxylic acids is 1. The number of nitrogens with one attached hydrogen (secondary N) is 1. The summed E-state index contributed by atoms with van der Waals surface area (Å²) >= 11 is 5.89. The molecular formula is C26H22ClFN4O2. The Balaban J connectivity index is 1.56. The molecule has 0 spiro atoms. The van der Waals surface area contributed by atoms with Gasteiger partial charge in [0.05, 0.1) is 17.2 Å². The van der Waals surface area contributed by atoms with Crippen LogP contribution in [-0.2, 0) is 13.1 Å². The second-order valence-electron chi connectivity index (χ2n) is 8.54. The lowest BCUT2D eigenvalue weighted by Crippen LogP contribution is -2.17. The second kappa shape index (κ2) is 8.57. The van der Waals surface area contributed by atoms with Gasteiger partial charge >= 0.3 is 5.97 Å². The number of benzene rings is 2. The molecule has 0 aliphatic carbocycles. The van der Waals surface area contributed by atoms with Gasteiger partial charge in [-0.15, -0.1) is 0 Å². The zero-order valence-electron chi connectivity index (χ0n) is 18.6. The number of rotatable bonds is 5. The van der Waals surface area contributed by atoms with Gasteiger partial charge in [-0.25, -0.2) is 19.2 Å². The lowest BCUT2D eigenvalue weighted by Gasteiger charge is -2.22. The number of carbonyl (C=O) groups is 1. The van der Waals surface area contributed by atoms with Crippen molar-refractivity contribution in [1.82, 2.24) is 9.97 Å². The van der Waals surface area contributed by atoms with Gasteiger partial charge in [0.15, 0.2) is 5.69 Å². The number of carboxylic acid groups (broad SMARTS) is 1. The molecule has 4 aromatic rings. The van der Waals surface area contributed by atoms with Crippen LogP contribution in [0.3, 0.4) is 0 Å². The van der Waals surface area contributed by atoms with E-state index < -0.39 is 5.97 Å². The number of hydrogen-bond donors (Lipinski definition) is 2. The number of pyridine rings is 2. The summed E-state index contributed by atoms with van der Waals surface area (Å²) in [4.78, 5) is 22.5. The molecule has 0 radical (unpaired) electrons. The molecule has 5 rings (SSSR count). The molecule has 0 bridgehead atoms. The molecule has 0 saturated carbocycles. The van der Waals surface area contributed by atoms with E-state index in [2.05, 4.69) is 27.3 Å². The molecule has 0 unspecified atom stereocenters. The zero-order valence-corrected chi connectivity index (χ0v) is 19.4. The van der Waals surface area contributed by atoms with Gasteiger partial charge in [0.1, 0.15) is 16.8 Å². The first-order valence-corrected chi connectivity index (χ1v) is 11.3. The van der Waals surface area contributed by atoms with E-state index in [-0.39, 0.29) is 22.7 Å². The lowest BCUT2D eigenvalue weighted by molar-refractivity contribution is 0.0691. The number of halogens is 2. The molecule has 8 heteroatoms. The summed E-state index contributed by atoms with van der Waals surface area (Å²) in [6.07, 6.45) is 0. The normalized spacial score (nSPS) is 13.7. The van der Waals surface area contributed by atoms with Crippen LogP contribution in [0.2, 0.25) is 5.15 Å². The third-order valence-electron chi connectivity index (χ3n) is 6.09. The monoisotopic (exact) mass is 476 g/mol. The van der Waals surface area contributed by atoms with Crippen LogP contribution in [0.4, 0.5) is 15.9 Å². The highest BCUT2D eigenvalue weighted by Gasteiger charge is 2.23. The average Bonchev–Trinajstić information content (AvgIpc) is 3.24. The Hall–Kier alpha value is -3.71. The first-order valence-electron chi connectivity index (χ1n) is 10.9. The van der Waals surface area contributed by atoms with Gasteiger partial charge in [-0.2, -0.15) is 0 Å². The fraction of sp³-hybridized carbons (Fsp3) is 0.192. The Morgan fingerprint density at radius 2 is 1.82 bits per heavy atom. The molecule has 3 heterocycles. The molecule has 1 aliphatic heterocycles. The minimum absolute atomic E-state index is 0.0941. The molecule has 1 atom stereocenters. The maximum absolute atomic E-state index is 15.3. The van der Waals surface area contributed by atoms with E-state index in [1.54, 1.807) is 12.1 Å². The van der Waals surface area contributed by atoms with E-state index in [4.69, 9.17) is 16.6 Å². The molecule has 0 fully saturated rings. The van der Waals surface area contributed by atoms with Crippen LogP contribution < -0.4 is 10.2 Å². The summed E-state index contributed by atoms with van der Waals surface area (Å²) in [6, 6.07) is 16.1. The van der Waals surface area contributed by atoms with Gasteiger partial charge < -0.3 is 15.3 Å². The molecule has 0 saturated heterocycles. The minimum atomic E-state index is -1.19. The van der Waals surface area contributed by atoms with Crippen LogP contribution in [-0.4, -0.2) is 21.0 Å². The van der Waals surface area contributed by atoms with Crippen LogP contribution in [0.5, 0.6) is 0 Å². The van der Waals surface area contributed by atoms with Crippen LogP contribution in [0.25, 0.3) is 10.9 Å². The highest BCUT2D eigenvalue weighted by atomic mass is 35.5. The van der Waals surface area contributed by atoms with E-state index in [1.165, 1.54) is 23.3 Å². The van der Waals surface area contributed by atoms with E-state index in [1.807, 2.05) is 32.0 Å². The predicted molar refractivity (Wildman–Crippen MR) is 131 cm³/mol. The number of hydrogen-bond acceptors (Lipinski definition) is 5. The van der Waals surface area contributed by atoms with E-state index in [0.29, 0.717) is 35.5 Å². The number of fused-ring (bicyclic) bond motifs is 2. The summed E-state index contributed by atoms with van der Waals surface area (Å²) in [6.45, 7) is 5.11. The van der Waals surface area contributed by atoms with Crippen molar-refractivity contribution in [2.24, 2.45) is 0 Å². The molecule has 2 N–H and O–H groups in total. The largest absolute Gasteiger partial charge is 0.476 e. The third-order valence-corrected chi connectivity index (χ3v) is 6.30. The summed E-state index contributed by atoms with van der Waals surface area (Å²) in [5, 5.41) is 13.3. The van der Waals surface area contributed by atoms with Crippen molar-refractivity contribution in [3.63, 3.8) is 0 Å². The molecule has 0 amide bonds. The van der Waals surface area contributed by atoms with Gasteiger partial charge in [-0.1, -0.05) is 41.9 Å². The lowest BCUT2D eigenvalue weighted by atomic mass is 10.00. The van der Waals surface area contributed by atoms with E-state index in [0.717, 1.165) is 11.1 Å². The Bertz CT molecular complexity index is 1420.